The molecule has 0 unspecified atom stereocenters. The maximum absolute atomic E-state index is 12.0. The molecule has 7 nitrogen and oxygen atoms in total. The van der Waals surface area contributed by atoms with Crippen LogP contribution in [0.2, 0.25) is 0 Å². The number of furan rings is 1. The van der Waals surface area contributed by atoms with Gasteiger partial charge in [0, 0.05) is 18.4 Å². The minimum Gasteiger partial charge on any atom is -0.469 e. The first-order valence-electron chi connectivity index (χ1n) is 7.62. The summed E-state index contributed by atoms with van der Waals surface area (Å²) in [7, 11) is 0. The van der Waals surface area contributed by atoms with Crippen LogP contribution in [0.3, 0.4) is 0 Å². The molecule has 0 spiro atoms. The summed E-state index contributed by atoms with van der Waals surface area (Å²) in [5.41, 5.74) is 2.25. The van der Waals surface area contributed by atoms with Crippen LogP contribution in [0.15, 0.2) is 47.3 Å². The fraction of sp³-hybridized carbons (Fsp3) is 0.167. The van der Waals surface area contributed by atoms with Gasteiger partial charge in [-0.2, -0.15) is 0 Å². The Kier molecular flexibility index (Phi) is 4.65. The zero-order chi connectivity index (χ0) is 17.8. The quantitative estimate of drug-likeness (QED) is 0.523. The number of nitrogens with one attached hydrogen (secondary N) is 1. The number of aromatic amines is 1. The molecule has 126 valence electrons. The Hall–Kier alpha value is -3.35. The third-order valence-corrected chi connectivity index (χ3v) is 3.68. The van der Waals surface area contributed by atoms with Crippen LogP contribution in [0.25, 0.3) is 0 Å². The Morgan fingerprint density at radius 1 is 1.12 bits per heavy atom. The van der Waals surface area contributed by atoms with E-state index < -0.39 is 11.6 Å². The lowest BCUT2D eigenvalue weighted by atomic mass is 10.0. The number of benzene rings is 1. The van der Waals surface area contributed by atoms with E-state index in [1.807, 2.05) is 12.1 Å². The van der Waals surface area contributed by atoms with Gasteiger partial charge < -0.3 is 4.42 Å². The molecule has 0 aliphatic heterocycles. The van der Waals surface area contributed by atoms with Gasteiger partial charge in [-0.15, -0.1) is 5.10 Å². The lowest BCUT2D eigenvalue weighted by molar-refractivity contribution is -0.114. The second-order valence-corrected chi connectivity index (χ2v) is 5.60. The van der Waals surface area contributed by atoms with Crippen LogP contribution < -0.4 is 0 Å². The van der Waals surface area contributed by atoms with Crippen molar-refractivity contribution in [1.82, 2.24) is 15.2 Å². The molecule has 0 radical (unpaired) electrons. The fourth-order valence-electron chi connectivity index (χ4n) is 2.38. The number of nitrogens with zero attached hydrogens (tertiary/aromatic N) is 2. The molecule has 0 saturated heterocycles. The molecule has 0 amide bonds. The van der Waals surface area contributed by atoms with Crippen LogP contribution in [0.4, 0.5) is 0 Å². The van der Waals surface area contributed by atoms with Crippen molar-refractivity contribution in [2.24, 2.45) is 0 Å². The van der Waals surface area contributed by atoms with E-state index in [1.54, 1.807) is 18.2 Å². The summed E-state index contributed by atoms with van der Waals surface area (Å²) >= 11 is 0. The van der Waals surface area contributed by atoms with E-state index in [4.69, 9.17) is 4.42 Å². The third kappa shape index (κ3) is 3.95. The van der Waals surface area contributed by atoms with E-state index in [2.05, 4.69) is 15.2 Å². The summed E-state index contributed by atoms with van der Waals surface area (Å²) in [6, 6.07) is 8.98. The number of carbonyl (C=O) groups excluding carboxylic acids is 3. The van der Waals surface area contributed by atoms with Crippen LogP contribution >= 0.6 is 0 Å². The monoisotopic (exact) mass is 337 g/mol. The van der Waals surface area contributed by atoms with E-state index in [0.717, 1.165) is 5.56 Å². The Bertz CT molecular complexity index is 908. The van der Waals surface area contributed by atoms with Crippen molar-refractivity contribution in [2.45, 2.75) is 19.8 Å². The largest absolute Gasteiger partial charge is 0.469 e. The van der Waals surface area contributed by atoms with Gasteiger partial charge in [0.1, 0.15) is 12.1 Å². The Morgan fingerprint density at radius 3 is 2.52 bits per heavy atom. The van der Waals surface area contributed by atoms with E-state index in [-0.39, 0.29) is 18.0 Å². The zero-order valence-electron chi connectivity index (χ0n) is 13.5. The van der Waals surface area contributed by atoms with Crippen molar-refractivity contribution < 1.29 is 18.8 Å². The minimum absolute atomic E-state index is 0.0152. The number of carbonyl (C=O) groups is 3. The second-order valence-electron chi connectivity index (χ2n) is 5.60. The van der Waals surface area contributed by atoms with Crippen LogP contribution in [-0.4, -0.2) is 32.5 Å². The Balaban J connectivity index is 1.63. The highest BCUT2D eigenvalue weighted by Crippen LogP contribution is 2.15. The molecule has 0 saturated carbocycles. The topological polar surface area (TPSA) is 106 Å². The highest BCUT2D eigenvalue weighted by atomic mass is 16.3. The number of H-pyrrole nitrogens is 1. The van der Waals surface area contributed by atoms with Gasteiger partial charge in [0.25, 0.3) is 5.78 Å². The Morgan fingerprint density at radius 2 is 1.88 bits per heavy atom. The van der Waals surface area contributed by atoms with Gasteiger partial charge in [-0.25, -0.2) is 4.98 Å². The maximum Gasteiger partial charge on any atom is 0.267 e. The number of hydrogen-bond acceptors (Lipinski definition) is 6. The SMILES string of the molecule is CC(=O)c1ccc(Cc2cc(CC(=O)C(=O)c3nc[nH]n3)co2)cc1. The van der Waals surface area contributed by atoms with E-state index in [1.165, 1.54) is 19.5 Å². The van der Waals surface area contributed by atoms with Crippen LogP contribution in [0.5, 0.6) is 0 Å². The smallest absolute Gasteiger partial charge is 0.267 e. The summed E-state index contributed by atoms with van der Waals surface area (Å²) in [4.78, 5) is 38.8. The predicted molar refractivity (Wildman–Crippen MR) is 87.4 cm³/mol. The standard InChI is InChI=1S/C18H15N3O4/c1-11(22)14-4-2-12(3-5-14)6-15-7-13(9-25-15)8-16(23)17(24)18-19-10-20-21-18/h2-5,7,9-10H,6,8H2,1H3,(H,19,20,21). The van der Waals surface area contributed by atoms with E-state index >= 15 is 0 Å². The third-order valence-electron chi connectivity index (χ3n) is 3.68. The van der Waals surface area contributed by atoms with Crippen LogP contribution in [0, 0.1) is 0 Å². The van der Waals surface area contributed by atoms with Crippen LogP contribution in [0.1, 0.15) is 44.8 Å². The molecule has 0 fully saturated rings. The van der Waals surface area contributed by atoms with Gasteiger partial charge in [-0.1, -0.05) is 24.3 Å². The number of Topliss-reactive ketones (excluding diaryl/α,β-unsaturated/α-hetero) is 3. The van der Waals surface area contributed by atoms with Crippen molar-refractivity contribution >= 4 is 17.3 Å². The first-order valence-corrected chi connectivity index (χ1v) is 7.62. The predicted octanol–water partition coefficient (Wildman–Crippen LogP) is 2.19. The second kappa shape index (κ2) is 7.04. The summed E-state index contributed by atoms with van der Waals surface area (Å²) in [6.07, 6.45) is 3.16. The van der Waals surface area contributed by atoms with Crippen molar-refractivity contribution in [3.8, 4) is 0 Å². The van der Waals surface area contributed by atoms with Crippen molar-refractivity contribution in [2.75, 3.05) is 0 Å². The van der Waals surface area contributed by atoms with E-state index in [9.17, 15) is 14.4 Å². The van der Waals surface area contributed by atoms with Crippen LogP contribution in [-0.2, 0) is 17.6 Å². The maximum atomic E-state index is 12.0. The molecule has 3 rings (SSSR count). The first kappa shape index (κ1) is 16.5. The molecular formula is C18H15N3O4. The molecule has 0 atom stereocenters. The lowest BCUT2D eigenvalue weighted by Crippen LogP contribution is -2.17. The minimum atomic E-state index is -0.733. The van der Waals surface area contributed by atoms with Gasteiger partial charge in [0.05, 0.1) is 6.26 Å². The molecule has 3 aromatic rings. The molecule has 2 aromatic heterocycles. The van der Waals surface area contributed by atoms with E-state index in [0.29, 0.717) is 23.3 Å². The van der Waals surface area contributed by atoms with Crippen molar-refractivity contribution in [3.63, 3.8) is 0 Å². The summed E-state index contributed by atoms with van der Waals surface area (Å²) in [5.74, 6) is -0.786. The molecule has 7 heteroatoms. The first-order chi connectivity index (χ1) is 12.0. The average molecular weight is 337 g/mol. The highest BCUT2D eigenvalue weighted by Gasteiger charge is 2.20. The number of hydrogen-bond donors (Lipinski definition) is 1. The summed E-state index contributed by atoms with van der Waals surface area (Å²) < 4.78 is 5.45. The molecule has 2 heterocycles. The van der Waals surface area contributed by atoms with Crippen molar-refractivity contribution in [3.05, 3.63) is 71.2 Å². The number of aromatic nitrogens is 3. The van der Waals surface area contributed by atoms with Gasteiger partial charge in [-0.3, -0.25) is 19.5 Å². The molecule has 0 aliphatic rings. The molecule has 1 aromatic carbocycles. The molecule has 0 bridgehead atoms. The highest BCUT2D eigenvalue weighted by molar-refractivity contribution is 6.43. The molecular weight excluding hydrogens is 322 g/mol. The summed E-state index contributed by atoms with van der Waals surface area (Å²) in [5, 5.41) is 6.00. The lowest BCUT2D eigenvalue weighted by Gasteiger charge is -2.00. The van der Waals surface area contributed by atoms with Crippen molar-refractivity contribution in [1.29, 1.82) is 0 Å². The number of ketones is 3. The normalized spacial score (nSPS) is 10.6. The molecule has 25 heavy (non-hydrogen) atoms. The Labute approximate surface area is 143 Å². The molecule has 0 aliphatic carbocycles. The summed E-state index contributed by atoms with van der Waals surface area (Å²) in [6.45, 7) is 1.52. The number of rotatable bonds is 7. The van der Waals surface area contributed by atoms with Gasteiger partial charge in [-0.05, 0) is 24.1 Å². The van der Waals surface area contributed by atoms with Gasteiger partial charge in [0.15, 0.2) is 5.78 Å². The van der Waals surface area contributed by atoms with Gasteiger partial charge in [0.2, 0.25) is 11.6 Å². The van der Waals surface area contributed by atoms with Gasteiger partial charge >= 0.3 is 0 Å². The average Bonchev–Trinajstić information content (AvgIpc) is 3.27. The zero-order valence-corrected chi connectivity index (χ0v) is 13.5. The fourth-order valence-corrected chi connectivity index (χ4v) is 2.38. The molecule has 1 N–H and O–H groups in total.